The molecule has 0 saturated carbocycles. The number of benzene rings is 2. The minimum atomic E-state index is 0.696. The zero-order valence-corrected chi connectivity index (χ0v) is 15.9. The first-order chi connectivity index (χ1) is 13.8. The minimum Gasteiger partial charge on any atom is -0.493 e. The van der Waals surface area contributed by atoms with Gasteiger partial charge in [0.2, 0.25) is 0 Å². The Morgan fingerprint density at radius 2 is 1.79 bits per heavy atom. The highest BCUT2D eigenvalue weighted by Gasteiger charge is 2.17. The minimum absolute atomic E-state index is 0.696. The van der Waals surface area contributed by atoms with Crippen molar-refractivity contribution in [2.24, 2.45) is 0 Å². The summed E-state index contributed by atoms with van der Waals surface area (Å²) in [5, 5.41) is 6.90. The summed E-state index contributed by atoms with van der Waals surface area (Å²) in [7, 11) is 3.29. The smallest absolute Gasteiger partial charge is 0.161 e. The summed E-state index contributed by atoms with van der Waals surface area (Å²) in [6.07, 6.45) is 6.53. The Morgan fingerprint density at radius 1 is 0.964 bits per heavy atom. The van der Waals surface area contributed by atoms with E-state index in [1.165, 1.54) is 0 Å². The van der Waals surface area contributed by atoms with E-state index in [0.717, 1.165) is 41.0 Å². The third-order valence-corrected chi connectivity index (χ3v) is 4.74. The molecule has 2 aromatic heterocycles. The van der Waals surface area contributed by atoms with Crippen LogP contribution in [-0.2, 0) is 13.0 Å². The molecule has 0 aliphatic rings. The molecule has 0 amide bonds. The van der Waals surface area contributed by atoms with Gasteiger partial charge in [-0.2, -0.15) is 5.10 Å². The van der Waals surface area contributed by atoms with Crippen LogP contribution >= 0.6 is 0 Å². The summed E-state index contributed by atoms with van der Waals surface area (Å²) >= 11 is 0. The first-order valence-electron chi connectivity index (χ1n) is 9.10. The Balaban J connectivity index is 1.79. The Kier molecular flexibility index (Phi) is 5.10. The van der Waals surface area contributed by atoms with Crippen molar-refractivity contribution in [2.75, 3.05) is 14.2 Å². The second kappa shape index (κ2) is 8.00. The predicted octanol–water partition coefficient (Wildman–Crippen LogP) is 4.20. The molecule has 28 heavy (non-hydrogen) atoms. The molecule has 4 rings (SSSR count). The lowest BCUT2D eigenvalue weighted by Crippen LogP contribution is -2.02. The van der Waals surface area contributed by atoms with Gasteiger partial charge in [-0.1, -0.05) is 30.3 Å². The number of ether oxygens (including phenoxy) is 2. The summed E-state index contributed by atoms with van der Waals surface area (Å²) in [6.45, 7) is 0.795. The zero-order valence-electron chi connectivity index (χ0n) is 15.9. The number of hydrogen-bond donors (Lipinski definition) is 1. The van der Waals surface area contributed by atoms with Crippen LogP contribution in [0.4, 0.5) is 0 Å². The molecule has 0 bridgehead atoms. The van der Waals surface area contributed by atoms with Crippen molar-refractivity contribution in [3.63, 3.8) is 0 Å². The third kappa shape index (κ3) is 3.49. The molecule has 4 aromatic rings. The number of imidazole rings is 1. The van der Waals surface area contributed by atoms with Crippen molar-refractivity contribution in [1.82, 2.24) is 19.7 Å². The average molecular weight is 374 g/mol. The van der Waals surface area contributed by atoms with Crippen LogP contribution in [0.3, 0.4) is 0 Å². The van der Waals surface area contributed by atoms with Crippen LogP contribution in [0.2, 0.25) is 0 Å². The molecule has 0 fully saturated rings. The van der Waals surface area contributed by atoms with E-state index in [-0.39, 0.29) is 0 Å². The molecule has 0 saturated heterocycles. The van der Waals surface area contributed by atoms with Crippen molar-refractivity contribution in [3.8, 4) is 34.0 Å². The van der Waals surface area contributed by atoms with Gasteiger partial charge in [0.15, 0.2) is 11.5 Å². The molecular formula is C22H22N4O2. The van der Waals surface area contributed by atoms with Gasteiger partial charge in [-0.05, 0) is 30.2 Å². The van der Waals surface area contributed by atoms with Crippen LogP contribution in [0.1, 0.15) is 5.56 Å². The van der Waals surface area contributed by atoms with Gasteiger partial charge in [-0.3, -0.25) is 5.10 Å². The standard InChI is InChI=1S/C22H22N4O2/c1-27-19-9-8-18(12-20(19)28-2)22-21(17-6-4-3-5-7-17)23-15-26(22)11-10-16-13-24-25-14-16/h3-9,12-15H,10-11H2,1-2H3,(H,24,25). The largest absolute Gasteiger partial charge is 0.493 e. The number of hydrogen-bond acceptors (Lipinski definition) is 4. The molecule has 0 aliphatic carbocycles. The molecule has 1 N–H and O–H groups in total. The van der Waals surface area contributed by atoms with Gasteiger partial charge in [0.05, 0.1) is 38.1 Å². The molecule has 0 atom stereocenters. The van der Waals surface area contributed by atoms with Crippen LogP contribution in [-0.4, -0.2) is 34.0 Å². The third-order valence-electron chi connectivity index (χ3n) is 4.74. The first kappa shape index (κ1) is 17.9. The maximum atomic E-state index is 5.51. The quantitative estimate of drug-likeness (QED) is 0.526. The second-order valence-corrected chi connectivity index (χ2v) is 6.43. The Labute approximate surface area is 163 Å². The van der Waals surface area contributed by atoms with Crippen molar-refractivity contribution < 1.29 is 9.47 Å². The van der Waals surface area contributed by atoms with E-state index >= 15 is 0 Å². The van der Waals surface area contributed by atoms with E-state index in [1.54, 1.807) is 14.2 Å². The van der Waals surface area contributed by atoms with Gasteiger partial charge < -0.3 is 14.0 Å². The highest BCUT2D eigenvalue weighted by atomic mass is 16.5. The monoisotopic (exact) mass is 374 g/mol. The molecule has 0 aliphatic heterocycles. The topological polar surface area (TPSA) is 65.0 Å². The fourth-order valence-electron chi connectivity index (χ4n) is 3.31. The number of nitrogens with zero attached hydrogens (tertiary/aromatic N) is 3. The van der Waals surface area contributed by atoms with Gasteiger partial charge >= 0.3 is 0 Å². The van der Waals surface area contributed by atoms with Gasteiger partial charge in [-0.25, -0.2) is 4.98 Å². The fraction of sp³-hybridized carbons (Fsp3) is 0.182. The average Bonchev–Trinajstić information content (AvgIpc) is 3.42. The van der Waals surface area contributed by atoms with Crippen LogP contribution in [0.5, 0.6) is 11.5 Å². The molecule has 142 valence electrons. The number of aromatic nitrogens is 4. The van der Waals surface area contributed by atoms with Crippen molar-refractivity contribution >= 4 is 0 Å². The highest BCUT2D eigenvalue weighted by molar-refractivity contribution is 5.79. The number of methoxy groups -OCH3 is 2. The lowest BCUT2D eigenvalue weighted by atomic mass is 10.0. The highest BCUT2D eigenvalue weighted by Crippen LogP contribution is 2.36. The van der Waals surface area contributed by atoms with Gasteiger partial charge in [0, 0.05) is 23.9 Å². The van der Waals surface area contributed by atoms with Crippen LogP contribution in [0.15, 0.2) is 67.3 Å². The normalized spacial score (nSPS) is 10.8. The van der Waals surface area contributed by atoms with Crippen molar-refractivity contribution in [2.45, 2.75) is 13.0 Å². The summed E-state index contributed by atoms with van der Waals surface area (Å²) in [6, 6.07) is 16.2. The molecule has 2 aromatic carbocycles. The van der Waals surface area contributed by atoms with Crippen molar-refractivity contribution in [1.29, 1.82) is 0 Å². The van der Waals surface area contributed by atoms with Crippen LogP contribution in [0, 0.1) is 0 Å². The van der Waals surface area contributed by atoms with E-state index in [9.17, 15) is 0 Å². The molecular weight excluding hydrogens is 352 g/mol. The Morgan fingerprint density at radius 3 is 2.50 bits per heavy atom. The maximum Gasteiger partial charge on any atom is 0.161 e. The summed E-state index contributed by atoms with van der Waals surface area (Å²) in [5.74, 6) is 1.40. The number of rotatable bonds is 7. The van der Waals surface area contributed by atoms with E-state index < -0.39 is 0 Å². The van der Waals surface area contributed by atoms with E-state index in [2.05, 4.69) is 26.9 Å². The van der Waals surface area contributed by atoms with E-state index in [1.807, 2.05) is 55.1 Å². The van der Waals surface area contributed by atoms with Crippen LogP contribution < -0.4 is 9.47 Å². The number of aryl methyl sites for hydroxylation is 2. The van der Waals surface area contributed by atoms with E-state index in [4.69, 9.17) is 14.5 Å². The first-order valence-corrected chi connectivity index (χ1v) is 9.10. The maximum absolute atomic E-state index is 5.51. The Bertz CT molecular complexity index is 1040. The summed E-state index contributed by atoms with van der Waals surface area (Å²) < 4.78 is 13.1. The van der Waals surface area contributed by atoms with Gasteiger partial charge in [0.1, 0.15) is 0 Å². The lowest BCUT2D eigenvalue weighted by Gasteiger charge is -2.13. The molecule has 6 nitrogen and oxygen atoms in total. The molecule has 6 heteroatoms. The number of H-pyrrole nitrogens is 1. The molecule has 2 heterocycles. The molecule has 0 spiro atoms. The lowest BCUT2D eigenvalue weighted by molar-refractivity contribution is 0.355. The second-order valence-electron chi connectivity index (χ2n) is 6.43. The number of aromatic amines is 1. The number of nitrogens with one attached hydrogen (secondary N) is 1. The summed E-state index contributed by atoms with van der Waals surface area (Å²) in [4.78, 5) is 4.73. The van der Waals surface area contributed by atoms with Crippen molar-refractivity contribution in [3.05, 3.63) is 72.8 Å². The van der Waals surface area contributed by atoms with Gasteiger partial charge in [0.25, 0.3) is 0 Å². The summed E-state index contributed by atoms with van der Waals surface area (Å²) in [5.41, 5.74) is 5.26. The predicted molar refractivity (Wildman–Crippen MR) is 108 cm³/mol. The van der Waals surface area contributed by atoms with Crippen LogP contribution in [0.25, 0.3) is 22.5 Å². The van der Waals surface area contributed by atoms with Gasteiger partial charge in [-0.15, -0.1) is 0 Å². The Hall–Kier alpha value is -3.54. The zero-order chi connectivity index (χ0) is 19.3. The fourth-order valence-corrected chi connectivity index (χ4v) is 3.31. The molecule has 0 radical (unpaired) electrons. The van der Waals surface area contributed by atoms with E-state index in [0.29, 0.717) is 11.5 Å². The SMILES string of the molecule is COc1ccc(-c2c(-c3ccccc3)ncn2CCc2cn[nH]c2)cc1OC. The molecule has 0 unspecified atom stereocenters.